The molecule has 0 saturated carbocycles. The van der Waals surface area contributed by atoms with Crippen LogP contribution in [0.15, 0.2) is 0 Å². The number of hydrogen-bond acceptors (Lipinski definition) is 3. The van der Waals surface area contributed by atoms with E-state index in [1.807, 2.05) is 20.8 Å². The lowest BCUT2D eigenvalue weighted by molar-refractivity contribution is -0.199. The molecule has 1 unspecified atom stereocenters. The van der Waals surface area contributed by atoms with Crippen molar-refractivity contribution in [2.45, 2.75) is 53.4 Å². The first-order valence-electron chi connectivity index (χ1n) is 4.60. The molecule has 0 saturated heterocycles. The second-order valence-electron chi connectivity index (χ2n) is 4.39. The van der Waals surface area contributed by atoms with E-state index < -0.39 is 6.29 Å². The van der Waals surface area contributed by atoms with Gasteiger partial charge in [0.05, 0.1) is 11.5 Å². The number of carbonyl (C=O) groups is 1. The largest absolute Gasteiger partial charge is 0.436 e. The van der Waals surface area contributed by atoms with Gasteiger partial charge in [0.2, 0.25) is 6.29 Å². The van der Waals surface area contributed by atoms with Gasteiger partial charge >= 0.3 is 5.97 Å². The van der Waals surface area contributed by atoms with E-state index in [0.29, 0.717) is 0 Å². The highest BCUT2D eigenvalue weighted by Gasteiger charge is 2.19. The van der Waals surface area contributed by atoms with E-state index in [-0.39, 0.29) is 17.5 Å². The first-order valence-corrected chi connectivity index (χ1v) is 4.60. The van der Waals surface area contributed by atoms with Gasteiger partial charge in [-0.15, -0.1) is 0 Å². The predicted octanol–water partition coefficient (Wildman–Crippen LogP) is 2.35. The number of rotatable bonds is 3. The zero-order valence-electron chi connectivity index (χ0n) is 9.38. The maximum atomic E-state index is 11.1. The summed E-state index contributed by atoms with van der Waals surface area (Å²) < 4.78 is 10.4. The second kappa shape index (κ2) is 4.61. The molecule has 0 amide bonds. The maximum absolute atomic E-state index is 11.1. The lowest BCUT2D eigenvalue weighted by atomic mass is 10.2. The maximum Gasteiger partial charge on any atom is 0.310 e. The van der Waals surface area contributed by atoms with Gasteiger partial charge < -0.3 is 9.47 Å². The van der Waals surface area contributed by atoms with E-state index in [1.165, 1.54) is 0 Å². The van der Waals surface area contributed by atoms with Crippen LogP contribution < -0.4 is 0 Å². The minimum atomic E-state index is -0.477. The van der Waals surface area contributed by atoms with Crippen LogP contribution >= 0.6 is 0 Å². The Balaban J connectivity index is 3.88. The molecule has 0 spiro atoms. The fourth-order valence-corrected chi connectivity index (χ4v) is 0.822. The van der Waals surface area contributed by atoms with Crippen molar-refractivity contribution >= 4 is 5.97 Å². The molecule has 0 N–H and O–H groups in total. The van der Waals surface area contributed by atoms with Crippen LogP contribution in [0.5, 0.6) is 0 Å². The Kier molecular flexibility index (Phi) is 4.40. The second-order valence-corrected chi connectivity index (χ2v) is 4.39. The van der Waals surface area contributed by atoms with Crippen molar-refractivity contribution in [3.8, 4) is 0 Å². The van der Waals surface area contributed by atoms with Crippen LogP contribution in [0.1, 0.15) is 41.5 Å². The molecule has 0 aliphatic carbocycles. The van der Waals surface area contributed by atoms with Gasteiger partial charge in [0, 0.05) is 0 Å². The van der Waals surface area contributed by atoms with Crippen molar-refractivity contribution in [3.63, 3.8) is 0 Å². The molecule has 78 valence electrons. The molecular weight excluding hydrogens is 168 g/mol. The molecule has 0 fully saturated rings. The van der Waals surface area contributed by atoms with Gasteiger partial charge in [0.15, 0.2) is 0 Å². The Bertz CT molecular complexity index is 167. The smallest absolute Gasteiger partial charge is 0.310 e. The van der Waals surface area contributed by atoms with Crippen LogP contribution in [0.2, 0.25) is 0 Å². The Hall–Kier alpha value is -0.570. The molecule has 0 radical (unpaired) electrons. The Morgan fingerprint density at radius 3 is 1.92 bits per heavy atom. The lowest BCUT2D eigenvalue weighted by Crippen LogP contribution is -2.30. The normalized spacial score (nSPS) is 14.4. The molecule has 0 aliphatic heterocycles. The van der Waals surface area contributed by atoms with E-state index in [9.17, 15) is 4.79 Å². The minimum Gasteiger partial charge on any atom is -0.436 e. The first-order chi connectivity index (χ1) is 5.72. The van der Waals surface area contributed by atoms with Crippen molar-refractivity contribution in [1.29, 1.82) is 0 Å². The van der Waals surface area contributed by atoms with E-state index >= 15 is 0 Å². The van der Waals surface area contributed by atoms with Gasteiger partial charge in [0.25, 0.3) is 0 Å². The summed E-state index contributed by atoms with van der Waals surface area (Å²) in [4.78, 5) is 11.1. The monoisotopic (exact) mass is 188 g/mol. The Morgan fingerprint density at radius 2 is 1.62 bits per heavy atom. The Labute approximate surface area is 80.4 Å². The fourth-order valence-electron chi connectivity index (χ4n) is 0.822. The van der Waals surface area contributed by atoms with Crippen molar-refractivity contribution in [2.75, 3.05) is 0 Å². The third-order valence-electron chi connectivity index (χ3n) is 1.27. The number of esters is 1. The third kappa shape index (κ3) is 6.58. The van der Waals surface area contributed by atoms with Crippen LogP contribution in [-0.2, 0) is 14.3 Å². The molecule has 0 aromatic carbocycles. The molecule has 0 aliphatic rings. The summed E-state index contributed by atoms with van der Waals surface area (Å²) in [7, 11) is 0. The van der Waals surface area contributed by atoms with Crippen LogP contribution in [-0.4, -0.2) is 17.9 Å². The molecule has 0 rings (SSSR count). The summed E-state index contributed by atoms with van der Waals surface area (Å²) in [6.07, 6.45) is -0.477. The summed E-state index contributed by atoms with van der Waals surface area (Å²) in [5.74, 6) is -0.331. The number of ether oxygens (including phenoxy) is 2. The summed E-state index contributed by atoms with van der Waals surface area (Å²) in [5, 5.41) is 0. The third-order valence-corrected chi connectivity index (χ3v) is 1.27. The fraction of sp³-hybridized carbons (Fsp3) is 0.900. The van der Waals surface area contributed by atoms with Crippen LogP contribution in [0.3, 0.4) is 0 Å². The zero-order chi connectivity index (χ0) is 10.6. The number of hydrogen-bond donors (Lipinski definition) is 0. The summed E-state index contributed by atoms with van der Waals surface area (Å²) >= 11 is 0. The molecule has 0 heterocycles. The average Bonchev–Trinajstić information content (AvgIpc) is 1.81. The van der Waals surface area contributed by atoms with E-state index in [2.05, 4.69) is 0 Å². The van der Waals surface area contributed by atoms with E-state index in [4.69, 9.17) is 9.47 Å². The molecule has 1 atom stereocenters. The predicted molar refractivity (Wildman–Crippen MR) is 51.2 cm³/mol. The van der Waals surface area contributed by atoms with Gasteiger partial charge in [-0.05, 0) is 27.7 Å². The highest BCUT2D eigenvalue weighted by molar-refractivity contribution is 5.71. The summed E-state index contributed by atoms with van der Waals surface area (Å²) in [6, 6.07) is 0. The topological polar surface area (TPSA) is 35.5 Å². The van der Waals surface area contributed by atoms with Gasteiger partial charge in [-0.2, -0.15) is 0 Å². The van der Waals surface area contributed by atoms with Crippen LogP contribution in [0.25, 0.3) is 0 Å². The highest BCUT2D eigenvalue weighted by Crippen LogP contribution is 2.12. The number of carbonyl (C=O) groups excluding carboxylic acids is 1. The molecule has 0 aromatic heterocycles. The summed E-state index contributed by atoms with van der Waals surface area (Å²) in [6.45, 7) is 11.1. The van der Waals surface area contributed by atoms with E-state index in [1.54, 1.807) is 20.8 Å². The molecule has 0 aromatic rings. The van der Waals surface area contributed by atoms with Crippen LogP contribution in [0.4, 0.5) is 0 Å². The molecule has 3 heteroatoms. The SMILES string of the molecule is CC(OC(=O)C(C)C)OC(C)(C)C. The van der Waals surface area contributed by atoms with Gasteiger partial charge in [-0.25, -0.2) is 0 Å². The zero-order valence-corrected chi connectivity index (χ0v) is 9.38. The van der Waals surface area contributed by atoms with Crippen molar-refractivity contribution in [1.82, 2.24) is 0 Å². The Morgan fingerprint density at radius 1 is 1.15 bits per heavy atom. The lowest BCUT2D eigenvalue weighted by Gasteiger charge is -2.25. The molecule has 0 bridgehead atoms. The first kappa shape index (κ1) is 12.4. The molecule has 3 nitrogen and oxygen atoms in total. The average molecular weight is 188 g/mol. The van der Waals surface area contributed by atoms with E-state index in [0.717, 1.165) is 0 Å². The quantitative estimate of drug-likeness (QED) is 0.503. The van der Waals surface area contributed by atoms with Gasteiger partial charge in [-0.3, -0.25) is 4.79 Å². The van der Waals surface area contributed by atoms with Crippen molar-refractivity contribution < 1.29 is 14.3 Å². The van der Waals surface area contributed by atoms with Crippen molar-refractivity contribution in [2.24, 2.45) is 5.92 Å². The minimum absolute atomic E-state index is 0.106. The summed E-state index contributed by atoms with van der Waals surface area (Å²) in [5.41, 5.74) is -0.281. The van der Waals surface area contributed by atoms with Gasteiger partial charge in [-0.1, -0.05) is 13.8 Å². The van der Waals surface area contributed by atoms with Crippen LogP contribution in [0, 0.1) is 5.92 Å². The molecular formula is C10H20O3. The van der Waals surface area contributed by atoms with Crippen molar-refractivity contribution in [3.05, 3.63) is 0 Å². The van der Waals surface area contributed by atoms with Gasteiger partial charge in [0.1, 0.15) is 0 Å². The highest BCUT2D eigenvalue weighted by atomic mass is 16.7. The standard InChI is InChI=1S/C10H20O3/c1-7(2)9(11)12-8(3)13-10(4,5)6/h7-8H,1-6H3. The molecule has 13 heavy (non-hydrogen) atoms.